The lowest BCUT2D eigenvalue weighted by Crippen LogP contribution is -2.48. The van der Waals surface area contributed by atoms with E-state index in [0.29, 0.717) is 5.56 Å². The second-order valence-corrected chi connectivity index (χ2v) is 4.93. The van der Waals surface area contributed by atoms with Gasteiger partial charge in [0.25, 0.3) is 0 Å². The number of ether oxygens (including phenoxy) is 1. The number of carbonyl (C=O) groups excluding carboxylic acids is 1. The van der Waals surface area contributed by atoms with Crippen LogP contribution in [-0.2, 0) is 20.7 Å². The summed E-state index contributed by atoms with van der Waals surface area (Å²) in [5, 5.41) is 9.58. The van der Waals surface area contributed by atoms with Crippen LogP contribution in [0.15, 0.2) is 18.2 Å². The third-order valence-electron chi connectivity index (χ3n) is 3.27. The highest BCUT2D eigenvalue weighted by molar-refractivity contribution is 6.31. The topological polar surface area (TPSA) is 63.6 Å². The number of aliphatic carboxylic acids is 1. The van der Waals surface area contributed by atoms with E-state index in [1.165, 1.54) is 12.1 Å². The molecule has 4 nitrogen and oxygen atoms in total. The Balaban J connectivity index is 2.38. The number of ketones is 1. The van der Waals surface area contributed by atoms with Gasteiger partial charge in [-0.05, 0) is 30.2 Å². The Morgan fingerprint density at radius 2 is 2.26 bits per heavy atom. The van der Waals surface area contributed by atoms with Crippen LogP contribution in [0.4, 0.5) is 4.39 Å². The Labute approximate surface area is 114 Å². The number of hydrogen-bond acceptors (Lipinski definition) is 3. The number of halogens is 2. The largest absolute Gasteiger partial charge is 0.480 e. The third-order valence-corrected chi connectivity index (χ3v) is 3.63. The van der Waals surface area contributed by atoms with E-state index in [1.54, 1.807) is 0 Å². The van der Waals surface area contributed by atoms with Gasteiger partial charge in [-0.1, -0.05) is 11.6 Å². The van der Waals surface area contributed by atoms with E-state index in [-0.39, 0.29) is 31.1 Å². The van der Waals surface area contributed by atoms with Gasteiger partial charge in [-0.15, -0.1) is 0 Å². The van der Waals surface area contributed by atoms with Crippen molar-refractivity contribution in [2.75, 3.05) is 13.2 Å². The Morgan fingerprint density at radius 1 is 1.53 bits per heavy atom. The maximum absolute atomic E-state index is 13.2. The van der Waals surface area contributed by atoms with Crippen LogP contribution in [0.2, 0.25) is 5.02 Å². The molecule has 0 saturated carbocycles. The summed E-state index contributed by atoms with van der Waals surface area (Å²) in [6, 6.07) is 3.67. The van der Waals surface area contributed by atoms with Crippen LogP contribution in [-0.4, -0.2) is 30.1 Å². The molecule has 1 saturated heterocycles. The molecule has 1 aliphatic heterocycles. The lowest BCUT2D eigenvalue weighted by molar-refractivity contribution is -0.164. The molecule has 0 bridgehead atoms. The highest BCUT2D eigenvalue weighted by Crippen LogP contribution is 2.32. The van der Waals surface area contributed by atoms with Gasteiger partial charge in [-0.25, -0.2) is 4.39 Å². The molecule has 1 atom stereocenters. The minimum atomic E-state index is -1.67. The monoisotopic (exact) mass is 286 g/mol. The number of carboxylic acids is 1. The summed E-state index contributed by atoms with van der Waals surface area (Å²) in [7, 11) is 0. The number of benzene rings is 1. The lowest BCUT2D eigenvalue weighted by Gasteiger charge is -2.31. The summed E-state index contributed by atoms with van der Waals surface area (Å²) in [6.45, 7) is -0.00123. The molecule has 1 heterocycles. The molecule has 0 amide bonds. The quantitative estimate of drug-likeness (QED) is 0.864. The fourth-order valence-electron chi connectivity index (χ4n) is 2.14. The molecule has 0 spiro atoms. The van der Waals surface area contributed by atoms with Crippen molar-refractivity contribution in [1.29, 1.82) is 0 Å². The van der Waals surface area contributed by atoms with Crippen molar-refractivity contribution in [1.82, 2.24) is 0 Å². The molecule has 0 radical (unpaired) electrons. The molecule has 1 fully saturated rings. The summed E-state index contributed by atoms with van der Waals surface area (Å²) in [6.07, 6.45) is -0.128. The van der Waals surface area contributed by atoms with Gasteiger partial charge in [0.05, 0.1) is 13.2 Å². The molecule has 0 aromatic heterocycles. The fraction of sp³-hybridized carbons (Fsp3) is 0.385. The molecular formula is C13H12ClFO4. The van der Waals surface area contributed by atoms with E-state index in [4.69, 9.17) is 16.3 Å². The minimum Gasteiger partial charge on any atom is -0.480 e. The van der Waals surface area contributed by atoms with Crippen LogP contribution in [0.25, 0.3) is 0 Å². The van der Waals surface area contributed by atoms with Crippen molar-refractivity contribution in [3.05, 3.63) is 34.6 Å². The van der Waals surface area contributed by atoms with Gasteiger partial charge in [0, 0.05) is 11.4 Å². The molecule has 1 unspecified atom stereocenters. The molecule has 6 heteroatoms. The zero-order valence-corrected chi connectivity index (χ0v) is 10.7. The fourth-order valence-corrected chi connectivity index (χ4v) is 2.33. The number of carboxylic acid groups (broad SMARTS) is 1. The second-order valence-electron chi connectivity index (χ2n) is 4.53. The summed E-state index contributed by atoms with van der Waals surface area (Å²) in [5.41, 5.74) is -1.38. The van der Waals surface area contributed by atoms with Gasteiger partial charge in [0.1, 0.15) is 5.82 Å². The predicted molar refractivity (Wildman–Crippen MR) is 65.6 cm³/mol. The van der Waals surface area contributed by atoms with Crippen LogP contribution < -0.4 is 0 Å². The molecule has 1 N–H and O–H groups in total. The first-order valence-corrected chi connectivity index (χ1v) is 6.12. The zero-order valence-electron chi connectivity index (χ0n) is 9.99. The molecule has 1 aliphatic rings. The average molecular weight is 287 g/mol. The zero-order chi connectivity index (χ0) is 14.0. The van der Waals surface area contributed by atoms with Crippen molar-refractivity contribution in [2.24, 2.45) is 5.41 Å². The first-order valence-electron chi connectivity index (χ1n) is 5.74. The van der Waals surface area contributed by atoms with E-state index in [2.05, 4.69) is 0 Å². The Bertz CT molecular complexity index is 531. The van der Waals surface area contributed by atoms with Gasteiger partial charge < -0.3 is 9.84 Å². The van der Waals surface area contributed by atoms with E-state index in [9.17, 15) is 19.1 Å². The SMILES string of the molecule is O=C(O)C1(Cc2cc(F)ccc2Cl)COCCC1=O. The van der Waals surface area contributed by atoms with Crippen LogP contribution in [0.1, 0.15) is 12.0 Å². The van der Waals surface area contributed by atoms with Crippen molar-refractivity contribution in [3.63, 3.8) is 0 Å². The number of Topliss-reactive ketones (excluding diaryl/α,β-unsaturated/α-hetero) is 1. The first-order chi connectivity index (χ1) is 8.95. The average Bonchev–Trinajstić information content (AvgIpc) is 2.36. The molecule has 1 aromatic rings. The van der Waals surface area contributed by atoms with Crippen molar-refractivity contribution in [3.8, 4) is 0 Å². The number of rotatable bonds is 3. The summed E-state index contributed by atoms with van der Waals surface area (Å²) in [5.74, 6) is -2.20. The number of carbonyl (C=O) groups is 2. The summed E-state index contributed by atoms with van der Waals surface area (Å²) >= 11 is 5.92. The van der Waals surface area contributed by atoms with Gasteiger partial charge in [0.2, 0.25) is 0 Å². The molecule has 0 aliphatic carbocycles. The molecule has 102 valence electrons. The maximum Gasteiger partial charge on any atom is 0.319 e. The van der Waals surface area contributed by atoms with Crippen LogP contribution in [0.5, 0.6) is 0 Å². The maximum atomic E-state index is 13.2. The highest BCUT2D eigenvalue weighted by atomic mass is 35.5. The Kier molecular flexibility index (Phi) is 3.87. The predicted octanol–water partition coefficient (Wildman–Crippen LogP) is 2.08. The standard InChI is InChI=1S/C13H12ClFO4/c14-10-2-1-9(15)5-8(10)6-13(12(17)18)7-19-4-3-11(13)16/h1-2,5H,3-4,6-7H2,(H,17,18). The van der Waals surface area contributed by atoms with E-state index >= 15 is 0 Å². The van der Waals surface area contributed by atoms with Crippen LogP contribution >= 0.6 is 11.6 Å². The molecule has 19 heavy (non-hydrogen) atoms. The Hall–Kier alpha value is -1.46. The molecule has 2 rings (SSSR count). The smallest absolute Gasteiger partial charge is 0.319 e. The van der Waals surface area contributed by atoms with Gasteiger partial charge >= 0.3 is 5.97 Å². The highest BCUT2D eigenvalue weighted by Gasteiger charge is 2.48. The molecular weight excluding hydrogens is 275 g/mol. The Morgan fingerprint density at radius 3 is 2.89 bits per heavy atom. The first kappa shape index (κ1) is 14.0. The van der Waals surface area contributed by atoms with Crippen LogP contribution in [0, 0.1) is 11.2 Å². The summed E-state index contributed by atoms with van der Waals surface area (Å²) < 4.78 is 18.3. The van der Waals surface area contributed by atoms with Crippen molar-refractivity contribution < 1.29 is 23.8 Å². The number of hydrogen-bond donors (Lipinski definition) is 1. The van der Waals surface area contributed by atoms with E-state index in [1.807, 2.05) is 0 Å². The molecule has 1 aromatic carbocycles. The van der Waals surface area contributed by atoms with Crippen LogP contribution in [0.3, 0.4) is 0 Å². The van der Waals surface area contributed by atoms with Crippen molar-refractivity contribution >= 4 is 23.4 Å². The lowest BCUT2D eigenvalue weighted by atomic mass is 9.76. The normalized spacial score (nSPS) is 23.4. The van der Waals surface area contributed by atoms with E-state index in [0.717, 1.165) is 6.07 Å². The second kappa shape index (κ2) is 5.27. The minimum absolute atomic E-state index is 0.0409. The summed E-state index contributed by atoms with van der Waals surface area (Å²) in [4.78, 5) is 23.4. The van der Waals surface area contributed by atoms with Gasteiger partial charge in [-0.3, -0.25) is 9.59 Å². The van der Waals surface area contributed by atoms with E-state index < -0.39 is 23.0 Å². The van der Waals surface area contributed by atoms with Gasteiger partial charge in [-0.2, -0.15) is 0 Å². The van der Waals surface area contributed by atoms with Gasteiger partial charge in [0.15, 0.2) is 11.2 Å². The third kappa shape index (κ3) is 2.62. The van der Waals surface area contributed by atoms with Crippen molar-refractivity contribution in [2.45, 2.75) is 12.8 Å².